The second kappa shape index (κ2) is 11.3. The van der Waals surface area contributed by atoms with Crippen molar-refractivity contribution in [1.82, 2.24) is 19.7 Å². The molecule has 0 aliphatic carbocycles. The number of allylic oxidation sites excluding steroid dienone is 1. The molecule has 1 aliphatic rings. The van der Waals surface area contributed by atoms with Crippen molar-refractivity contribution in [2.45, 2.75) is 30.6 Å². The molecule has 1 atom stereocenters. The summed E-state index contributed by atoms with van der Waals surface area (Å²) in [5.74, 6) is 3.20. The van der Waals surface area contributed by atoms with Crippen LogP contribution in [0.2, 0.25) is 0 Å². The fourth-order valence-electron chi connectivity index (χ4n) is 4.42. The van der Waals surface area contributed by atoms with Gasteiger partial charge in [0.05, 0.1) is 38.7 Å². The van der Waals surface area contributed by atoms with Crippen molar-refractivity contribution in [2.75, 3.05) is 33.6 Å². The third kappa shape index (κ3) is 5.14. The number of benzene rings is 2. The summed E-state index contributed by atoms with van der Waals surface area (Å²) >= 11 is 1.38. The first kappa shape index (κ1) is 24.7. The van der Waals surface area contributed by atoms with E-state index in [1.807, 2.05) is 51.9 Å². The van der Waals surface area contributed by atoms with Crippen molar-refractivity contribution < 1.29 is 19.0 Å². The maximum absolute atomic E-state index is 13.3. The number of amides is 1. The molecule has 1 fully saturated rings. The Morgan fingerprint density at radius 2 is 1.91 bits per heavy atom. The van der Waals surface area contributed by atoms with Crippen LogP contribution in [-0.4, -0.2) is 59.2 Å². The van der Waals surface area contributed by atoms with Crippen LogP contribution in [0.1, 0.15) is 24.4 Å². The number of methoxy groups -OCH3 is 3. The van der Waals surface area contributed by atoms with Crippen molar-refractivity contribution >= 4 is 17.7 Å². The molecule has 184 valence electrons. The van der Waals surface area contributed by atoms with Crippen molar-refractivity contribution in [2.24, 2.45) is 0 Å². The highest BCUT2D eigenvalue weighted by Gasteiger charge is 2.32. The average Bonchev–Trinajstić information content (AvgIpc) is 3.54. The van der Waals surface area contributed by atoms with Crippen LogP contribution >= 0.6 is 11.8 Å². The zero-order chi connectivity index (χ0) is 24.8. The molecule has 1 saturated heterocycles. The highest BCUT2D eigenvalue weighted by atomic mass is 32.2. The first-order valence-electron chi connectivity index (χ1n) is 11.4. The smallest absolute Gasteiger partial charge is 0.233 e. The molecule has 0 bridgehead atoms. The van der Waals surface area contributed by atoms with Crippen LogP contribution in [0.3, 0.4) is 0 Å². The lowest BCUT2D eigenvalue weighted by molar-refractivity contribution is -0.129. The van der Waals surface area contributed by atoms with Gasteiger partial charge in [0.1, 0.15) is 17.2 Å². The van der Waals surface area contributed by atoms with E-state index in [0.717, 1.165) is 35.5 Å². The number of para-hydroxylation sites is 1. The average molecular weight is 495 g/mol. The Morgan fingerprint density at radius 1 is 1.11 bits per heavy atom. The monoisotopic (exact) mass is 494 g/mol. The molecule has 0 N–H and O–H groups in total. The molecule has 9 heteroatoms. The van der Waals surface area contributed by atoms with Gasteiger partial charge in [0, 0.05) is 18.7 Å². The molecular formula is C26H30N4O4S. The fourth-order valence-corrected chi connectivity index (χ4v) is 5.25. The SMILES string of the molecule is C=CCn1c(SCC(=O)N2CCCC2c2cc(OC)ccc2OC)nnc1-c1ccccc1OC. The molecule has 2 aromatic carbocycles. The molecule has 3 aromatic rings. The van der Waals surface area contributed by atoms with Gasteiger partial charge in [-0.25, -0.2) is 0 Å². The molecule has 1 aromatic heterocycles. The lowest BCUT2D eigenvalue weighted by Gasteiger charge is -2.26. The largest absolute Gasteiger partial charge is 0.497 e. The molecule has 0 saturated carbocycles. The van der Waals surface area contributed by atoms with Gasteiger partial charge in [-0.3, -0.25) is 9.36 Å². The molecule has 1 aliphatic heterocycles. The Hall–Kier alpha value is -3.46. The maximum Gasteiger partial charge on any atom is 0.233 e. The number of nitrogens with zero attached hydrogens (tertiary/aromatic N) is 4. The summed E-state index contributed by atoms with van der Waals surface area (Å²) in [6, 6.07) is 13.3. The summed E-state index contributed by atoms with van der Waals surface area (Å²) in [5, 5.41) is 9.44. The summed E-state index contributed by atoms with van der Waals surface area (Å²) in [4.78, 5) is 15.3. The topological polar surface area (TPSA) is 78.7 Å². The Morgan fingerprint density at radius 3 is 2.66 bits per heavy atom. The highest BCUT2D eigenvalue weighted by Crippen LogP contribution is 2.39. The van der Waals surface area contributed by atoms with E-state index in [1.54, 1.807) is 27.4 Å². The summed E-state index contributed by atoms with van der Waals surface area (Å²) < 4.78 is 18.4. The fraction of sp³-hybridized carbons (Fsp3) is 0.346. The van der Waals surface area contributed by atoms with Crippen LogP contribution in [0.5, 0.6) is 17.2 Å². The van der Waals surface area contributed by atoms with Gasteiger partial charge >= 0.3 is 0 Å². The number of carbonyl (C=O) groups excluding carboxylic acids is 1. The lowest BCUT2D eigenvalue weighted by Crippen LogP contribution is -2.32. The van der Waals surface area contributed by atoms with Gasteiger partial charge in [-0.1, -0.05) is 30.0 Å². The summed E-state index contributed by atoms with van der Waals surface area (Å²) in [5.41, 5.74) is 1.81. The van der Waals surface area contributed by atoms with Gasteiger partial charge in [0.2, 0.25) is 5.91 Å². The van der Waals surface area contributed by atoms with Crippen molar-refractivity contribution in [1.29, 1.82) is 0 Å². The van der Waals surface area contributed by atoms with Crippen LogP contribution in [0.15, 0.2) is 60.3 Å². The van der Waals surface area contributed by atoms with Crippen molar-refractivity contribution in [3.63, 3.8) is 0 Å². The molecule has 2 heterocycles. The van der Waals surface area contributed by atoms with E-state index in [9.17, 15) is 4.79 Å². The Labute approximate surface area is 209 Å². The zero-order valence-corrected chi connectivity index (χ0v) is 21.1. The molecule has 0 spiro atoms. The second-order valence-corrected chi connectivity index (χ2v) is 8.99. The Bertz CT molecular complexity index is 1200. The van der Waals surface area contributed by atoms with E-state index in [-0.39, 0.29) is 17.7 Å². The molecule has 0 radical (unpaired) electrons. The van der Waals surface area contributed by atoms with E-state index >= 15 is 0 Å². The van der Waals surface area contributed by atoms with Gasteiger partial charge in [-0.05, 0) is 43.2 Å². The van der Waals surface area contributed by atoms with E-state index in [2.05, 4.69) is 16.8 Å². The van der Waals surface area contributed by atoms with Crippen LogP contribution in [0, 0.1) is 0 Å². The molecular weight excluding hydrogens is 464 g/mol. The van der Waals surface area contributed by atoms with Crippen LogP contribution in [0.4, 0.5) is 0 Å². The first-order valence-corrected chi connectivity index (χ1v) is 12.4. The molecule has 8 nitrogen and oxygen atoms in total. The third-order valence-electron chi connectivity index (χ3n) is 6.07. The van der Waals surface area contributed by atoms with Gasteiger partial charge in [-0.2, -0.15) is 0 Å². The predicted octanol–water partition coefficient (Wildman–Crippen LogP) is 4.61. The van der Waals surface area contributed by atoms with Gasteiger partial charge in [0.15, 0.2) is 11.0 Å². The van der Waals surface area contributed by atoms with E-state index in [1.165, 1.54) is 11.8 Å². The zero-order valence-electron chi connectivity index (χ0n) is 20.3. The van der Waals surface area contributed by atoms with Gasteiger partial charge in [0.25, 0.3) is 0 Å². The predicted molar refractivity (Wildman–Crippen MR) is 136 cm³/mol. The Balaban J connectivity index is 1.54. The quantitative estimate of drug-likeness (QED) is 0.301. The molecule has 4 rings (SSSR count). The van der Waals surface area contributed by atoms with E-state index in [4.69, 9.17) is 14.2 Å². The number of hydrogen-bond acceptors (Lipinski definition) is 7. The number of ether oxygens (including phenoxy) is 3. The summed E-state index contributed by atoms with van der Waals surface area (Å²) in [6.45, 7) is 5.09. The second-order valence-electron chi connectivity index (χ2n) is 8.05. The van der Waals surface area contributed by atoms with Gasteiger partial charge < -0.3 is 19.1 Å². The number of thioether (sulfide) groups is 1. The van der Waals surface area contributed by atoms with Crippen molar-refractivity contribution in [3.8, 4) is 28.6 Å². The number of carbonyl (C=O) groups is 1. The minimum absolute atomic E-state index is 0.0503. The van der Waals surface area contributed by atoms with Gasteiger partial charge in [-0.15, -0.1) is 16.8 Å². The number of likely N-dealkylation sites (tertiary alicyclic amines) is 1. The van der Waals surface area contributed by atoms with E-state index in [0.29, 0.717) is 29.8 Å². The molecule has 1 unspecified atom stereocenters. The highest BCUT2D eigenvalue weighted by molar-refractivity contribution is 7.99. The van der Waals surface area contributed by atoms with Crippen LogP contribution in [0.25, 0.3) is 11.4 Å². The normalized spacial score (nSPS) is 15.2. The van der Waals surface area contributed by atoms with Crippen LogP contribution in [-0.2, 0) is 11.3 Å². The summed E-state index contributed by atoms with van der Waals surface area (Å²) in [6.07, 6.45) is 3.61. The standard InChI is InChI=1S/C26H30N4O4S/c1-5-14-30-25(19-9-6-7-11-22(19)33-3)27-28-26(30)35-17-24(31)29-15-8-10-21(29)20-16-18(32-2)12-13-23(20)34-4/h5-7,9,11-13,16,21H,1,8,10,14-15,17H2,2-4H3. The number of hydrogen-bond donors (Lipinski definition) is 0. The minimum Gasteiger partial charge on any atom is -0.497 e. The first-order chi connectivity index (χ1) is 17.1. The molecule has 35 heavy (non-hydrogen) atoms. The minimum atomic E-state index is -0.0525. The number of aromatic nitrogens is 3. The third-order valence-corrected chi connectivity index (χ3v) is 7.02. The molecule has 1 amide bonds. The van der Waals surface area contributed by atoms with Crippen LogP contribution < -0.4 is 14.2 Å². The maximum atomic E-state index is 13.3. The summed E-state index contributed by atoms with van der Waals surface area (Å²) in [7, 11) is 4.91. The van der Waals surface area contributed by atoms with E-state index < -0.39 is 0 Å². The van der Waals surface area contributed by atoms with Crippen molar-refractivity contribution in [3.05, 3.63) is 60.7 Å². The Kier molecular flexibility index (Phi) is 7.97. The lowest BCUT2D eigenvalue weighted by atomic mass is 10.0. The number of rotatable bonds is 10.